The Morgan fingerprint density at radius 2 is 1.86 bits per heavy atom. The van der Waals surface area contributed by atoms with Gasteiger partial charge in [0.15, 0.2) is 0 Å². The second kappa shape index (κ2) is 3.46. The first kappa shape index (κ1) is 11.4. The van der Waals surface area contributed by atoms with E-state index in [9.17, 15) is 13.6 Å². The van der Waals surface area contributed by atoms with Gasteiger partial charge in [-0.1, -0.05) is 26.7 Å². The van der Waals surface area contributed by atoms with Gasteiger partial charge in [0, 0.05) is 0 Å². The Balaban J connectivity index is 2.59. The number of hydrogen-bond donors (Lipinski definition) is 0. The standard InChI is InChI=1S/C9H15F2N2O/c1-3-8(12,4-2)7(14)13-5-9(10,11)6-13/h12H,3-6H2,1-2H3/q-1. The van der Waals surface area contributed by atoms with Gasteiger partial charge in [-0.05, 0) is 5.54 Å². The second-order valence-corrected chi connectivity index (χ2v) is 3.81. The minimum Gasteiger partial charge on any atom is -0.664 e. The Bertz CT molecular complexity index is 231. The van der Waals surface area contributed by atoms with Crippen molar-refractivity contribution >= 4 is 5.91 Å². The highest BCUT2D eigenvalue weighted by molar-refractivity contribution is 5.88. The predicted octanol–water partition coefficient (Wildman–Crippen LogP) is 2.07. The summed E-state index contributed by atoms with van der Waals surface area (Å²) >= 11 is 0. The number of rotatable bonds is 3. The van der Waals surface area contributed by atoms with Crippen LogP contribution < -0.4 is 0 Å². The molecule has 0 aromatic carbocycles. The molecule has 0 saturated carbocycles. The third-order valence-electron chi connectivity index (χ3n) is 2.75. The largest absolute Gasteiger partial charge is 0.664 e. The lowest BCUT2D eigenvalue weighted by molar-refractivity contribution is -0.169. The highest BCUT2D eigenvalue weighted by Crippen LogP contribution is 2.31. The molecule has 0 unspecified atom stereocenters. The van der Waals surface area contributed by atoms with Crippen LogP contribution in [0.5, 0.6) is 0 Å². The van der Waals surface area contributed by atoms with E-state index in [1.807, 2.05) is 0 Å². The molecule has 1 fully saturated rings. The molecule has 0 aromatic rings. The monoisotopic (exact) mass is 205 g/mol. The molecule has 1 aliphatic rings. The highest BCUT2D eigenvalue weighted by Gasteiger charge is 2.47. The van der Waals surface area contributed by atoms with Gasteiger partial charge in [-0.2, -0.15) is 0 Å². The van der Waals surface area contributed by atoms with Gasteiger partial charge in [-0.25, -0.2) is 8.78 Å². The van der Waals surface area contributed by atoms with Crippen LogP contribution in [0.2, 0.25) is 0 Å². The zero-order valence-electron chi connectivity index (χ0n) is 8.44. The number of alkyl halides is 2. The smallest absolute Gasteiger partial charge is 0.282 e. The molecule has 0 atom stereocenters. The molecule has 0 aliphatic carbocycles. The maximum absolute atomic E-state index is 12.5. The lowest BCUT2D eigenvalue weighted by Gasteiger charge is -2.46. The summed E-state index contributed by atoms with van der Waals surface area (Å²) in [6.07, 6.45) is 0.731. The number of amides is 1. The fourth-order valence-corrected chi connectivity index (χ4v) is 1.51. The number of hydrogen-bond acceptors (Lipinski definition) is 1. The van der Waals surface area contributed by atoms with E-state index in [2.05, 4.69) is 0 Å². The summed E-state index contributed by atoms with van der Waals surface area (Å²) in [6, 6.07) is 0. The van der Waals surface area contributed by atoms with E-state index >= 15 is 0 Å². The van der Waals surface area contributed by atoms with Crippen LogP contribution in [0.25, 0.3) is 5.73 Å². The molecule has 1 rings (SSSR count). The minimum atomic E-state index is -2.74. The zero-order valence-corrected chi connectivity index (χ0v) is 8.44. The van der Waals surface area contributed by atoms with E-state index in [1.165, 1.54) is 0 Å². The maximum Gasteiger partial charge on any atom is 0.282 e. The average Bonchev–Trinajstić information content (AvgIpc) is 2.11. The first-order valence-electron chi connectivity index (χ1n) is 4.77. The number of carbonyl (C=O) groups is 1. The second-order valence-electron chi connectivity index (χ2n) is 3.81. The molecule has 0 radical (unpaired) electrons. The van der Waals surface area contributed by atoms with E-state index in [-0.39, 0.29) is 0 Å². The lowest BCUT2D eigenvalue weighted by atomic mass is 9.91. The van der Waals surface area contributed by atoms with Gasteiger partial charge in [-0.15, -0.1) is 0 Å². The first-order valence-corrected chi connectivity index (χ1v) is 4.77. The normalized spacial score (nSPS) is 20.5. The Labute approximate surface area is 82.2 Å². The number of likely N-dealkylation sites (tertiary alicyclic amines) is 1. The van der Waals surface area contributed by atoms with Crippen LogP contribution in [0.15, 0.2) is 0 Å². The Hall–Kier alpha value is -0.710. The molecule has 1 N–H and O–H groups in total. The van der Waals surface area contributed by atoms with E-state index in [4.69, 9.17) is 5.73 Å². The third kappa shape index (κ3) is 1.87. The SMILES string of the molecule is CCC([NH-])(CC)C(=O)N1CC(F)(F)C1. The summed E-state index contributed by atoms with van der Waals surface area (Å²) in [5.41, 5.74) is 6.57. The van der Waals surface area contributed by atoms with Crippen molar-refractivity contribution in [3.8, 4) is 0 Å². The van der Waals surface area contributed by atoms with Gasteiger partial charge < -0.3 is 10.6 Å². The highest BCUT2D eigenvalue weighted by atomic mass is 19.3. The lowest BCUT2D eigenvalue weighted by Crippen LogP contribution is -2.62. The van der Waals surface area contributed by atoms with Crippen molar-refractivity contribution in [2.75, 3.05) is 13.1 Å². The molecule has 0 aromatic heterocycles. The minimum absolute atomic E-state index is 0.365. The van der Waals surface area contributed by atoms with Crippen molar-refractivity contribution < 1.29 is 13.6 Å². The summed E-state index contributed by atoms with van der Waals surface area (Å²) in [6.45, 7) is 2.41. The van der Waals surface area contributed by atoms with Crippen LogP contribution in [-0.2, 0) is 4.79 Å². The molecule has 1 aliphatic heterocycles. The van der Waals surface area contributed by atoms with E-state index in [1.54, 1.807) is 13.8 Å². The zero-order chi connectivity index (χ0) is 11.0. The fraction of sp³-hybridized carbons (Fsp3) is 0.889. The Morgan fingerprint density at radius 3 is 2.14 bits per heavy atom. The van der Waals surface area contributed by atoms with E-state index in [0.717, 1.165) is 4.90 Å². The van der Waals surface area contributed by atoms with Crippen LogP contribution in [-0.4, -0.2) is 35.4 Å². The van der Waals surface area contributed by atoms with E-state index < -0.39 is 30.5 Å². The maximum atomic E-state index is 12.5. The molecule has 1 amide bonds. The summed E-state index contributed by atoms with van der Waals surface area (Å²) in [5, 5.41) is 0. The molecular weight excluding hydrogens is 190 g/mol. The third-order valence-corrected chi connectivity index (χ3v) is 2.75. The van der Waals surface area contributed by atoms with Gasteiger partial charge >= 0.3 is 0 Å². The van der Waals surface area contributed by atoms with Crippen molar-refractivity contribution in [2.24, 2.45) is 0 Å². The summed E-state index contributed by atoms with van der Waals surface area (Å²) < 4.78 is 25.0. The van der Waals surface area contributed by atoms with Crippen LogP contribution in [0, 0.1) is 0 Å². The Morgan fingerprint density at radius 1 is 1.43 bits per heavy atom. The number of carbonyl (C=O) groups excluding carboxylic acids is 1. The van der Waals surface area contributed by atoms with Gasteiger partial charge in [0.05, 0.1) is 13.1 Å². The summed E-state index contributed by atoms with van der Waals surface area (Å²) in [5.74, 6) is -3.20. The molecule has 3 nitrogen and oxygen atoms in total. The molecule has 5 heteroatoms. The van der Waals surface area contributed by atoms with Crippen LogP contribution in [0.4, 0.5) is 8.78 Å². The number of nitrogens with one attached hydrogen (secondary N) is 1. The van der Waals surface area contributed by atoms with Crippen LogP contribution >= 0.6 is 0 Å². The molecule has 1 heterocycles. The Kier molecular flexibility index (Phi) is 2.81. The van der Waals surface area contributed by atoms with Crippen molar-refractivity contribution in [1.29, 1.82) is 0 Å². The molecular formula is C9H15F2N2O-. The molecule has 82 valence electrons. The molecule has 0 spiro atoms. The average molecular weight is 205 g/mol. The van der Waals surface area contributed by atoms with Gasteiger partial charge in [0.1, 0.15) is 0 Å². The summed E-state index contributed by atoms with van der Waals surface area (Å²) in [7, 11) is 0. The number of nitrogens with zero attached hydrogens (tertiary/aromatic N) is 1. The fourth-order valence-electron chi connectivity index (χ4n) is 1.51. The predicted molar refractivity (Wildman–Crippen MR) is 49.2 cm³/mol. The van der Waals surface area contributed by atoms with Crippen molar-refractivity contribution in [2.45, 2.75) is 38.2 Å². The van der Waals surface area contributed by atoms with Gasteiger partial charge in [0.25, 0.3) is 5.92 Å². The van der Waals surface area contributed by atoms with E-state index in [0.29, 0.717) is 12.8 Å². The molecule has 14 heavy (non-hydrogen) atoms. The molecule has 1 saturated heterocycles. The van der Waals surface area contributed by atoms with Crippen molar-refractivity contribution in [3.05, 3.63) is 5.73 Å². The topological polar surface area (TPSA) is 44.1 Å². The number of halogens is 2. The van der Waals surface area contributed by atoms with Crippen molar-refractivity contribution in [1.82, 2.24) is 4.90 Å². The quantitative estimate of drug-likeness (QED) is 0.695. The first-order chi connectivity index (χ1) is 6.34. The van der Waals surface area contributed by atoms with Crippen molar-refractivity contribution in [3.63, 3.8) is 0 Å². The van der Waals surface area contributed by atoms with Gasteiger partial charge in [-0.3, -0.25) is 4.79 Å². The summed E-state index contributed by atoms with van der Waals surface area (Å²) in [4.78, 5) is 12.7. The molecule has 0 bridgehead atoms. The van der Waals surface area contributed by atoms with Crippen LogP contribution in [0.1, 0.15) is 26.7 Å². The van der Waals surface area contributed by atoms with Crippen LogP contribution in [0.3, 0.4) is 0 Å². The van der Waals surface area contributed by atoms with Gasteiger partial charge in [0.2, 0.25) is 5.91 Å².